The summed E-state index contributed by atoms with van der Waals surface area (Å²) in [5.41, 5.74) is 0. The minimum Gasteiger partial charge on any atom is -0.136 e. The Labute approximate surface area is 52.0 Å². The summed E-state index contributed by atoms with van der Waals surface area (Å²) in [6, 6.07) is 4.37. The molecule has 1 unspecified atom stereocenters. The summed E-state index contributed by atoms with van der Waals surface area (Å²) in [5, 5.41) is 1.59. The molecule has 0 aliphatic rings. The van der Waals surface area contributed by atoms with Gasteiger partial charge in [-0.1, -0.05) is 26.0 Å². The van der Waals surface area contributed by atoms with Crippen LogP contribution in [0.2, 0.25) is 0 Å². The van der Waals surface area contributed by atoms with Gasteiger partial charge < -0.3 is 0 Å². The van der Waals surface area contributed by atoms with Gasteiger partial charge in [0.2, 0.25) is 0 Å². The summed E-state index contributed by atoms with van der Waals surface area (Å²) in [5.74, 6) is 2.98. The van der Waals surface area contributed by atoms with E-state index in [2.05, 4.69) is 31.8 Å². The molecule has 0 aromatic carbocycles. The quantitative estimate of drug-likeness (QED) is 0.542. The topological polar surface area (TPSA) is 0 Å². The average Bonchev–Trinajstić information content (AvgIpc) is 2.12. The second-order valence-electron chi connectivity index (χ2n) is 2.28. The van der Waals surface area contributed by atoms with Crippen molar-refractivity contribution in [2.24, 2.45) is 0 Å². The molecule has 0 saturated carbocycles. The molecular formula is C7H11P. The molecule has 1 heterocycles. The Bertz CT molecular complexity index is 139. The Hall–Kier alpha value is -0.220. The van der Waals surface area contributed by atoms with Crippen LogP contribution in [0.3, 0.4) is 0 Å². The van der Waals surface area contributed by atoms with Crippen molar-refractivity contribution in [3.8, 4) is 0 Å². The van der Waals surface area contributed by atoms with Crippen LogP contribution in [-0.2, 0) is 0 Å². The zero-order valence-electron chi connectivity index (χ0n) is 5.31. The molecule has 0 nitrogen and oxygen atoms in total. The van der Waals surface area contributed by atoms with Crippen LogP contribution in [0.15, 0.2) is 17.9 Å². The van der Waals surface area contributed by atoms with Crippen molar-refractivity contribution < 1.29 is 0 Å². The standard InChI is InChI=1S/C7H11P/c1-6(2)7-4-3-5-8-7/h3-6,8H,1-2H3. The molecule has 0 N–H and O–H groups in total. The van der Waals surface area contributed by atoms with Crippen LogP contribution in [0, 0.1) is 0 Å². The van der Waals surface area contributed by atoms with E-state index in [1.54, 1.807) is 5.30 Å². The van der Waals surface area contributed by atoms with E-state index < -0.39 is 0 Å². The van der Waals surface area contributed by atoms with E-state index in [0.717, 1.165) is 14.1 Å². The lowest BCUT2D eigenvalue weighted by Gasteiger charge is -1.96. The molecule has 1 aromatic rings. The molecule has 8 heavy (non-hydrogen) atoms. The van der Waals surface area contributed by atoms with E-state index in [4.69, 9.17) is 0 Å². The van der Waals surface area contributed by atoms with E-state index in [0.29, 0.717) is 0 Å². The summed E-state index contributed by atoms with van der Waals surface area (Å²) in [7, 11) is 0.961. The van der Waals surface area contributed by atoms with Crippen molar-refractivity contribution >= 4 is 8.19 Å². The van der Waals surface area contributed by atoms with Crippen molar-refractivity contribution in [3.63, 3.8) is 0 Å². The molecule has 0 bridgehead atoms. The zero-order chi connectivity index (χ0) is 5.98. The highest BCUT2D eigenvalue weighted by Gasteiger charge is 1.94. The van der Waals surface area contributed by atoms with Gasteiger partial charge in [0.1, 0.15) is 0 Å². The van der Waals surface area contributed by atoms with Crippen LogP contribution in [0.5, 0.6) is 0 Å². The summed E-state index contributed by atoms with van der Waals surface area (Å²) in [6.07, 6.45) is 0. The number of rotatable bonds is 1. The van der Waals surface area contributed by atoms with Gasteiger partial charge in [-0.25, -0.2) is 0 Å². The predicted molar refractivity (Wildman–Crippen MR) is 40.0 cm³/mol. The average molecular weight is 126 g/mol. The molecule has 1 aromatic heterocycles. The van der Waals surface area contributed by atoms with Gasteiger partial charge in [0.05, 0.1) is 0 Å². The predicted octanol–water partition coefficient (Wildman–Crippen LogP) is 2.84. The van der Waals surface area contributed by atoms with Crippen molar-refractivity contribution in [1.82, 2.24) is 0 Å². The van der Waals surface area contributed by atoms with E-state index in [1.165, 1.54) is 0 Å². The van der Waals surface area contributed by atoms with Gasteiger partial charge in [-0.3, -0.25) is 0 Å². The van der Waals surface area contributed by atoms with E-state index in [1.807, 2.05) is 0 Å². The third-order valence-electron chi connectivity index (χ3n) is 1.24. The fourth-order valence-electron chi connectivity index (χ4n) is 0.703. The van der Waals surface area contributed by atoms with Gasteiger partial charge in [0.25, 0.3) is 0 Å². The lowest BCUT2D eigenvalue weighted by Crippen LogP contribution is -1.76. The maximum Gasteiger partial charge on any atom is -0.0184 e. The Morgan fingerprint density at radius 3 is 2.50 bits per heavy atom. The fourth-order valence-corrected chi connectivity index (χ4v) is 1.61. The SMILES string of the molecule is CC(C)c1ccc[pH]1. The van der Waals surface area contributed by atoms with Crippen LogP contribution in [0.4, 0.5) is 0 Å². The van der Waals surface area contributed by atoms with Crippen LogP contribution in [-0.4, -0.2) is 0 Å². The van der Waals surface area contributed by atoms with Crippen LogP contribution >= 0.6 is 8.19 Å². The molecule has 1 atom stereocenters. The molecule has 1 rings (SSSR count). The Morgan fingerprint density at radius 1 is 1.50 bits per heavy atom. The molecule has 0 aliphatic heterocycles. The third-order valence-corrected chi connectivity index (χ3v) is 2.68. The van der Waals surface area contributed by atoms with E-state index in [-0.39, 0.29) is 0 Å². The lowest BCUT2D eigenvalue weighted by atomic mass is 10.2. The molecule has 0 saturated heterocycles. The number of hydrogen-bond acceptors (Lipinski definition) is 0. The van der Waals surface area contributed by atoms with Gasteiger partial charge in [0, 0.05) is 0 Å². The van der Waals surface area contributed by atoms with E-state index >= 15 is 0 Å². The van der Waals surface area contributed by atoms with Gasteiger partial charge in [-0.2, -0.15) is 0 Å². The highest BCUT2D eigenvalue weighted by atomic mass is 31.0. The minimum atomic E-state index is 0.753. The lowest BCUT2D eigenvalue weighted by molar-refractivity contribution is 0.890. The summed E-state index contributed by atoms with van der Waals surface area (Å²) in [6.45, 7) is 4.48. The summed E-state index contributed by atoms with van der Waals surface area (Å²) >= 11 is 0. The van der Waals surface area contributed by atoms with Gasteiger partial charge in [-0.05, 0) is 17.0 Å². The van der Waals surface area contributed by atoms with E-state index in [9.17, 15) is 0 Å². The Morgan fingerprint density at radius 2 is 2.25 bits per heavy atom. The van der Waals surface area contributed by atoms with Crippen molar-refractivity contribution in [2.75, 3.05) is 0 Å². The molecular weight excluding hydrogens is 115 g/mol. The van der Waals surface area contributed by atoms with Crippen molar-refractivity contribution in [3.05, 3.63) is 23.2 Å². The Kier molecular flexibility index (Phi) is 1.75. The van der Waals surface area contributed by atoms with Crippen LogP contribution in [0.25, 0.3) is 0 Å². The molecule has 0 radical (unpaired) electrons. The largest absolute Gasteiger partial charge is 0.136 e. The first kappa shape index (κ1) is 5.91. The second-order valence-corrected chi connectivity index (χ2v) is 3.48. The highest BCUT2D eigenvalue weighted by Crippen LogP contribution is 2.23. The molecule has 0 fully saturated rings. The van der Waals surface area contributed by atoms with Gasteiger partial charge in [-0.15, -0.1) is 8.19 Å². The monoisotopic (exact) mass is 126 g/mol. The van der Waals surface area contributed by atoms with Crippen LogP contribution < -0.4 is 0 Å². The Balaban J connectivity index is 2.77. The molecule has 0 spiro atoms. The first-order valence-corrected chi connectivity index (χ1v) is 4.01. The molecule has 1 heteroatoms. The normalized spacial score (nSPS) is 11.4. The highest BCUT2D eigenvalue weighted by molar-refractivity contribution is 7.30. The van der Waals surface area contributed by atoms with Gasteiger partial charge in [0.15, 0.2) is 0 Å². The van der Waals surface area contributed by atoms with Crippen molar-refractivity contribution in [2.45, 2.75) is 19.8 Å². The van der Waals surface area contributed by atoms with Crippen LogP contribution in [0.1, 0.15) is 25.1 Å². The third kappa shape index (κ3) is 1.14. The molecule has 0 aliphatic carbocycles. The molecule has 44 valence electrons. The maximum atomic E-state index is 2.24. The zero-order valence-corrected chi connectivity index (χ0v) is 6.31. The first-order valence-electron chi connectivity index (χ1n) is 2.94. The summed E-state index contributed by atoms with van der Waals surface area (Å²) in [4.78, 5) is 0. The first-order chi connectivity index (χ1) is 3.80. The van der Waals surface area contributed by atoms with Crippen molar-refractivity contribution in [1.29, 1.82) is 0 Å². The van der Waals surface area contributed by atoms with Gasteiger partial charge >= 0.3 is 0 Å². The maximum absolute atomic E-state index is 2.24. The molecule has 0 amide bonds. The smallest absolute Gasteiger partial charge is 0.0184 e. The fraction of sp³-hybridized carbons (Fsp3) is 0.429. The number of hydrogen-bond donors (Lipinski definition) is 0. The summed E-state index contributed by atoms with van der Waals surface area (Å²) < 4.78 is 0. The second kappa shape index (κ2) is 2.37. The minimum absolute atomic E-state index is 0.753.